The fourth-order valence-corrected chi connectivity index (χ4v) is 13.6. The second-order valence-corrected chi connectivity index (χ2v) is 29.5. The number of amides is 1. The zero-order valence-electron chi connectivity index (χ0n) is 63.4. The van der Waals surface area contributed by atoms with Crippen molar-refractivity contribution in [2.24, 2.45) is 0 Å². The number of unbranched alkanes of at least 4 members (excludes halogenated alkanes) is 58. The number of hydrogen-bond donors (Lipinski definition) is 6. The van der Waals surface area contributed by atoms with Gasteiger partial charge in [0.2, 0.25) is 5.91 Å². The molecule has 0 aliphatic carbocycles. The van der Waals surface area contributed by atoms with Gasteiger partial charge in [0.25, 0.3) is 0 Å². The van der Waals surface area contributed by atoms with Gasteiger partial charge in [0.15, 0.2) is 6.29 Å². The van der Waals surface area contributed by atoms with E-state index >= 15 is 0 Å². The Labute approximate surface area is 594 Å². The van der Waals surface area contributed by atoms with Crippen LogP contribution in [0.1, 0.15) is 431 Å². The van der Waals surface area contributed by atoms with E-state index in [1.807, 2.05) is 6.08 Å². The van der Waals surface area contributed by atoms with Gasteiger partial charge >= 0.3 is 5.97 Å². The van der Waals surface area contributed by atoms with Gasteiger partial charge in [-0.3, -0.25) is 9.59 Å². The van der Waals surface area contributed by atoms with Gasteiger partial charge in [0.1, 0.15) is 24.4 Å². The van der Waals surface area contributed by atoms with Gasteiger partial charge < -0.3 is 45.1 Å². The van der Waals surface area contributed by atoms with Gasteiger partial charge in [-0.05, 0) is 51.4 Å². The second-order valence-electron chi connectivity index (χ2n) is 29.5. The maximum Gasteiger partial charge on any atom is 0.305 e. The minimum Gasteiger partial charge on any atom is -0.466 e. The van der Waals surface area contributed by atoms with Crippen LogP contribution in [0.4, 0.5) is 0 Å². The highest BCUT2D eigenvalue weighted by Crippen LogP contribution is 2.24. The molecule has 0 radical (unpaired) electrons. The van der Waals surface area contributed by atoms with Crippen LogP contribution < -0.4 is 5.32 Å². The summed E-state index contributed by atoms with van der Waals surface area (Å²) < 4.78 is 16.8. The average Bonchev–Trinajstić information content (AvgIpc) is 0.852. The molecule has 1 heterocycles. The van der Waals surface area contributed by atoms with E-state index in [-0.39, 0.29) is 18.5 Å². The van der Waals surface area contributed by atoms with E-state index in [9.17, 15) is 35.1 Å². The predicted molar refractivity (Wildman–Crippen MR) is 407 cm³/mol. The van der Waals surface area contributed by atoms with E-state index in [0.717, 1.165) is 64.2 Å². The maximum atomic E-state index is 13.1. The van der Waals surface area contributed by atoms with Gasteiger partial charge in [-0.2, -0.15) is 0 Å². The number of ether oxygens (including phenoxy) is 3. The average molecular weight is 1360 g/mol. The first kappa shape index (κ1) is 91.9. The molecular formula is C85H161NO10. The van der Waals surface area contributed by atoms with Crippen LogP contribution in [0.25, 0.3) is 0 Å². The Kier molecular flexibility index (Phi) is 70.9. The van der Waals surface area contributed by atoms with Crippen LogP contribution in [-0.4, -0.2) is 100 Å². The van der Waals surface area contributed by atoms with Gasteiger partial charge in [-0.1, -0.05) is 403 Å². The highest BCUT2D eigenvalue weighted by atomic mass is 16.7. The molecule has 96 heavy (non-hydrogen) atoms. The molecular weight excluding hydrogens is 1190 g/mol. The summed E-state index contributed by atoms with van der Waals surface area (Å²) in [4.78, 5) is 25.2. The molecule has 1 aliphatic rings. The molecule has 11 heteroatoms. The fourth-order valence-electron chi connectivity index (χ4n) is 13.6. The van der Waals surface area contributed by atoms with Crippen LogP contribution in [0.3, 0.4) is 0 Å². The number of carbonyl (C=O) groups is 2. The zero-order chi connectivity index (χ0) is 69.4. The SMILES string of the molecule is CCCC/C=C/CC/C=C/CC/C=C/C(O)C(COC1OC(CO)C(O)C(O)C1O)NC(=O)CCCCCCCCCCCCCCCCCCCCCCCCCCCCCCCCCCCCCCCCCOC(=O)CCCCCCCCCCCCCCCCCCC. The number of esters is 1. The standard InChI is InChI=1S/C85H161NO10/c1-3-5-7-9-11-13-15-17-18-42-46-49-53-57-61-65-69-73-81(90)94-74-70-66-62-58-54-50-47-44-41-39-37-35-33-31-29-27-25-23-21-19-20-22-24-26-28-30-32-34-36-38-40-43-45-48-52-56-60-64-68-72-80(89)86-77(76-95-85-84(93)83(92)82(91)79(75-87)96-85)78(88)71-67-63-59-55-51-16-14-12-10-8-6-4-2/h10,12,51,55,67,71,77-79,82-85,87-88,91-93H,3-9,11,13-50,52-54,56-66,68-70,72-76H2,1-2H3,(H,86,89)/b12-10+,55-51+,71-67+. The van der Waals surface area contributed by atoms with E-state index in [4.69, 9.17) is 14.2 Å². The Bertz CT molecular complexity index is 1690. The smallest absolute Gasteiger partial charge is 0.305 e. The molecule has 566 valence electrons. The van der Waals surface area contributed by atoms with E-state index in [0.29, 0.717) is 19.4 Å². The van der Waals surface area contributed by atoms with Crippen LogP contribution in [0.2, 0.25) is 0 Å². The number of carbonyl (C=O) groups excluding carboxylic acids is 2. The molecule has 0 bridgehead atoms. The Morgan fingerprint density at radius 1 is 0.375 bits per heavy atom. The normalized spacial score (nSPS) is 17.4. The highest BCUT2D eigenvalue weighted by molar-refractivity contribution is 5.76. The van der Waals surface area contributed by atoms with Crippen LogP contribution in [0, 0.1) is 0 Å². The van der Waals surface area contributed by atoms with Crippen molar-refractivity contribution in [2.75, 3.05) is 19.8 Å². The number of aliphatic hydroxyl groups is 5. The highest BCUT2D eigenvalue weighted by Gasteiger charge is 2.44. The summed E-state index contributed by atoms with van der Waals surface area (Å²) >= 11 is 0. The quantitative estimate of drug-likeness (QED) is 0.0195. The lowest BCUT2D eigenvalue weighted by Crippen LogP contribution is -2.60. The van der Waals surface area contributed by atoms with Crippen molar-refractivity contribution >= 4 is 11.9 Å². The largest absolute Gasteiger partial charge is 0.466 e. The lowest BCUT2D eigenvalue weighted by atomic mass is 9.99. The number of aliphatic hydroxyl groups excluding tert-OH is 5. The molecule has 0 aromatic rings. The molecule has 1 saturated heterocycles. The third-order valence-electron chi connectivity index (χ3n) is 20.2. The number of hydrogen-bond acceptors (Lipinski definition) is 10. The molecule has 1 amide bonds. The molecule has 0 spiro atoms. The lowest BCUT2D eigenvalue weighted by molar-refractivity contribution is -0.302. The molecule has 1 fully saturated rings. The molecule has 7 unspecified atom stereocenters. The number of rotatable bonds is 76. The maximum absolute atomic E-state index is 13.1. The topological polar surface area (TPSA) is 175 Å². The molecule has 0 aromatic heterocycles. The molecule has 11 nitrogen and oxygen atoms in total. The van der Waals surface area contributed by atoms with Crippen LogP contribution in [0.15, 0.2) is 36.5 Å². The Morgan fingerprint density at radius 2 is 0.677 bits per heavy atom. The van der Waals surface area contributed by atoms with Crippen LogP contribution in [0.5, 0.6) is 0 Å². The summed E-state index contributed by atoms with van der Waals surface area (Å²) in [5, 5.41) is 54.5. The molecule has 0 saturated carbocycles. The van der Waals surface area contributed by atoms with E-state index in [1.54, 1.807) is 6.08 Å². The van der Waals surface area contributed by atoms with Crippen molar-refractivity contribution in [3.8, 4) is 0 Å². The fraction of sp³-hybridized carbons (Fsp3) is 0.906. The summed E-state index contributed by atoms with van der Waals surface area (Å²) in [6.07, 6.45) is 87.9. The predicted octanol–water partition coefficient (Wildman–Crippen LogP) is 23.3. The Morgan fingerprint density at radius 3 is 1.02 bits per heavy atom. The monoisotopic (exact) mass is 1360 g/mol. The third kappa shape index (κ3) is 61.7. The third-order valence-corrected chi connectivity index (χ3v) is 20.2. The zero-order valence-corrected chi connectivity index (χ0v) is 63.4. The lowest BCUT2D eigenvalue weighted by Gasteiger charge is -2.40. The van der Waals surface area contributed by atoms with Crippen molar-refractivity contribution in [3.63, 3.8) is 0 Å². The van der Waals surface area contributed by atoms with Gasteiger partial charge in [0.05, 0.1) is 32.0 Å². The van der Waals surface area contributed by atoms with Gasteiger partial charge in [-0.25, -0.2) is 0 Å². The second kappa shape index (κ2) is 74.1. The molecule has 1 aliphatic heterocycles. The summed E-state index contributed by atoms with van der Waals surface area (Å²) in [6.45, 7) is 4.34. The molecule has 0 aromatic carbocycles. The summed E-state index contributed by atoms with van der Waals surface area (Å²) in [5.41, 5.74) is 0. The van der Waals surface area contributed by atoms with E-state index in [1.165, 1.54) is 340 Å². The van der Waals surface area contributed by atoms with E-state index in [2.05, 4.69) is 43.5 Å². The minimum absolute atomic E-state index is 0.0230. The van der Waals surface area contributed by atoms with Crippen LogP contribution in [-0.2, 0) is 23.8 Å². The first-order chi connectivity index (χ1) is 47.2. The van der Waals surface area contributed by atoms with Crippen molar-refractivity contribution in [1.29, 1.82) is 0 Å². The summed E-state index contributed by atoms with van der Waals surface area (Å²) in [7, 11) is 0. The van der Waals surface area contributed by atoms with Crippen molar-refractivity contribution in [2.45, 2.75) is 474 Å². The molecule has 1 rings (SSSR count). The van der Waals surface area contributed by atoms with Gasteiger partial charge in [0, 0.05) is 12.8 Å². The van der Waals surface area contributed by atoms with Crippen molar-refractivity contribution < 1.29 is 49.3 Å². The molecule has 6 N–H and O–H groups in total. The van der Waals surface area contributed by atoms with Crippen molar-refractivity contribution in [3.05, 3.63) is 36.5 Å². The Hall–Kier alpha value is -2.12. The molecule has 7 atom stereocenters. The Balaban J connectivity index is 1.85. The summed E-state index contributed by atoms with van der Waals surface area (Å²) in [5.74, 6) is -0.166. The summed E-state index contributed by atoms with van der Waals surface area (Å²) in [6, 6.07) is -0.830. The van der Waals surface area contributed by atoms with Crippen molar-refractivity contribution in [1.82, 2.24) is 5.32 Å². The number of allylic oxidation sites excluding steroid dienone is 5. The van der Waals surface area contributed by atoms with Gasteiger partial charge in [-0.15, -0.1) is 0 Å². The first-order valence-electron chi connectivity index (χ1n) is 42.3. The van der Waals surface area contributed by atoms with E-state index < -0.39 is 49.5 Å². The minimum atomic E-state index is -1.58. The first-order valence-corrected chi connectivity index (χ1v) is 42.3. The number of nitrogens with one attached hydrogen (secondary N) is 1. The van der Waals surface area contributed by atoms with Crippen LogP contribution >= 0.6 is 0 Å².